The zero-order valence-corrected chi connectivity index (χ0v) is 50.4. The average molecular weight is 1160 g/mol. The third kappa shape index (κ3) is 21.9. The van der Waals surface area contributed by atoms with Gasteiger partial charge in [-0.25, -0.2) is 0 Å². The monoisotopic (exact) mass is 1160 g/mol. The summed E-state index contributed by atoms with van der Waals surface area (Å²) >= 11 is 0. The quantitative estimate of drug-likeness (QED) is 0.0938. The number of nitrogens with two attached hydrogens (primary N) is 1. The van der Waals surface area contributed by atoms with Gasteiger partial charge in [-0.15, -0.1) is 0 Å². The second-order valence-electron chi connectivity index (χ2n) is 23.5. The molecule has 0 bridgehead atoms. The molecule has 4 aliphatic heterocycles. The number of aldehydes is 1. The first-order valence-corrected chi connectivity index (χ1v) is 30.1. The normalized spacial score (nSPS) is 18.5. The van der Waals surface area contributed by atoms with Gasteiger partial charge >= 0.3 is 6.18 Å². The third-order valence-corrected chi connectivity index (χ3v) is 15.9. The standard InChI is InChI=1S/C25H29N.C12H17NO.C12H15NO.C12H13N.C8H5F3O.C4H9NO/c1-19-7-5-8-21(15-19)17-26-14-13-22(18-26)16-20(2)24-12-6-10-23-9-3-4-11-25(23)24;2*1-10-3-2-4-11(7-10)8-13-6-5-12(14)9-13;1-9(13)11-8-4-6-10-5-2-3-7-12(10)11;9-8(10,11)7-3-1-2-6(4-7)5-12;6-4-1-2-5-3-4/h3-12,15,20,22H,13-14,16-18H2,1-2H3;2-4,7,12,14H,5-6,8-9H2,1H3;2-4,7H,5-6,8-9H2,1H3;2-9H,13H2,1H3;1-5H;4-6H,1-3H2/t20-,22?;;;9-;;/m0..1../s1. The number of nitrogens with zero attached hydrogens (tertiary/aromatic N) is 3. The molecule has 4 fully saturated rings. The van der Waals surface area contributed by atoms with E-state index in [-0.39, 0.29) is 23.8 Å². The lowest BCUT2D eigenvalue weighted by Crippen LogP contribution is -2.21. The van der Waals surface area contributed by atoms with Gasteiger partial charge in [-0.3, -0.25) is 24.3 Å². The molecule has 9 nitrogen and oxygen atoms in total. The molecule has 3 unspecified atom stereocenters. The van der Waals surface area contributed by atoms with E-state index in [1.807, 2.05) is 19.1 Å². The molecule has 0 spiro atoms. The molecule has 5 atom stereocenters. The number of aryl methyl sites for hydroxylation is 3. The second kappa shape index (κ2) is 33.1. The molecular formula is C73H88F3N5O4. The van der Waals surface area contributed by atoms with Gasteiger partial charge in [-0.05, 0) is 140 Å². The lowest BCUT2D eigenvalue weighted by atomic mass is 9.87. The fraction of sp³-hybridized carbons (Fsp3) is 0.370. The number of aliphatic hydroxyl groups excluding tert-OH is 2. The number of carbonyl (C=O) groups is 2. The molecule has 85 heavy (non-hydrogen) atoms. The number of rotatable bonds is 11. The predicted octanol–water partition coefficient (Wildman–Crippen LogP) is 14.2. The summed E-state index contributed by atoms with van der Waals surface area (Å²) in [7, 11) is 0. The molecule has 12 heteroatoms. The number of carbonyl (C=O) groups excluding carboxylic acids is 2. The van der Waals surface area contributed by atoms with E-state index in [9.17, 15) is 27.9 Å². The van der Waals surface area contributed by atoms with Crippen LogP contribution in [0.15, 0.2) is 182 Å². The summed E-state index contributed by atoms with van der Waals surface area (Å²) < 4.78 is 36.0. The van der Waals surface area contributed by atoms with Crippen LogP contribution in [-0.4, -0.2) is 102 Å². The zero-order valence-electron chi connectivity index (χ0n) is 50.4. The summed E-state index contributed by atoms with van der Waals surface area (Å²) in [4.78, 5) is 28.3. The van der Waals surface area contributed by atoms with Gasteiger partial charge in [0.25, 0.3) is 0 Å². The molecule has 0 aromatic heterocycles. The van der Waals surface area contributed by atoms with Crippen LogP contribution < -0.4 is 11.1 Å². The van der Waals surface area contributed by atoms with E-state index in [4.69, 9.17) is 10.8 Å². The number of nitrogens with one attached hydrogen (secondary N) is 1. The number of benzene rings is 8. The van der Waals surface area contributed by atoms with Crippen molar-refractivity contribution >= 4 is 33.6 Å². The summed E-state index contributed by atoms with van der Waals surface area (Å²) in [5.74, 6) is 1.80. The highest BCUT2D eigenvalue weighted by Gasteiger charge is 2.30. The van der Waals surface area contributed by atoms with Crippen LogP contribution in [0.1, 0.15) is 118 Å². The number of aliphatic hydroxyl groups is 2. The molecule has 0 aliphatic carbocycles. The first-order valence-electron chi connectivity index (χ1n) is 30.1. The lowest BCUT2D eigenvalue weighted by Gasteiger charge is -2.20. The highest BCUT2D eigenvalue weighted by molar-refractivity contribution is 5.87. The number of ketones is 1. The topological polar surface area (TPSA) is 122 Å². The number of hydrogen-bond acceptors (Lipinski definition) is 9. The van der Waals surface area contributed by atoms with Gasteiger partial charge < -0.3 is 21.3 Å². The summed E-state index contributed by atoms with van der Waals surface area (Å²) in [5, 5.41) is 26.4. The fourth-order valence-corrected chi connectivity index (χ4v) is 11.6. The summed E-state index contributed by atoms with van der Waals surface area (Å²) in [5.41, 5.74) is 15.9. The molecule has 4 heterocycles. The minimum absolute atomic E-state index is 0.0322. The van der Waals surface area contributed by atoms with Gasteiger partial charge in [0.2, 0.25) is 0 Å². The zero-order chi connectivity index (χ0) is 60.7. The number of likely N-dealkylation sites (tertiary alicyclic amines) is 3. The highest BCUT2D eigenvalue weighted by atomic mass is 19.4. The van der Waals surface area contributed by atoms with Crippen LogP contribution in [0, 0.1) is 26.7 Å². The Morgan fingerprint density at radius 2 is 1.09 bits per heavy atom. The van der Waals surface area contributed by atoms with E-state index >= 15 is 0 Å². The van der Waals surface area contributed by atoms with Gasteiger partial charge in [-0.2, -0.15) is 13.2 Å². The molecule has 450 valence electrons. The van der Waals surface area contributed by atoms with E-state index in [1.165, 1.54) is 104 Å². The Labute approximate surface area is 502 Å². The number of halogens is 3. The first kappa shape index (κ1) is 65.7. The number of β-amino-alcohol motifs (C(OH)–C–C–N with tert-alkyl or cyclic N) is 2. The van der Waals surface area contributed by atoms with Crippen LogP contribution in [0.5, 0.6) is 0 Å². The smallest absolute Gasteiger partial charge is 0.392 e. The molecule has 4 aliphatic rings. The molecule has 12 rings (SSSR count). The summed E-state index contributed by atoms with van der Waals surface area (Å²) in [6.07, 6.45) is 1.04. The Kier molecular flexibility index (Phi) is 25.6. The Hall–Kier alpha value is -6.87. The minimum atomic E-state index is -4.38. The van der Waals surface area contributed by atoms with E-state index in [0.717, 1.165) is 89.7 Å². The third-order valence-electron chi connectivity index (χ3n) is 15.9. The Bertz CT molecular complexity index is 3330. The van der Waals surface area contributed by atoms with Gasteiger partial charge in [0.05, 0.1) is 24.3 Å². The first-order chi connectivity index (χ1) is 40.9. The molecular weight excluding hydrogens is 1070 g/mol. The van der Waals surface area contributed by atoms with Crippen LogP contribution in [0.2, 0.25) is 0 Å². The van der Waals surface area contributed by atoms with Gasteiger partial charge in [0, 0.05) is 70.4 Å². The van der Waals surface area contributed by atoms with Crippen molar-refractivity contribution in [3.63, 3.8) is 0 Å². The van der Waals surface area contributed by atoms with Gasteiger partial charge in [0.15, 0.2) is 0 Å². The van der Waals surface area contributed by atoms with Crippen molar-refractivity contribution in [1.29, 1.82) is 0 Å². The van der Waals surface area contributed by atoms with Crippen molar-refractivity contribution in [3.05, 3.63) is 238 Å². The molecule has 8 aromatic rings. The maximum Gasteiger partial charge on any atom is 0.416 e. The largest absolute Gasteiger partial charge is 0.416 e. The van der Waals surface area contributed by atoms with Crippen molar-refractivity contribution in [3.8, 4) is 0 Å². The molecule has 4 saturated heterocycles. The van der Waals surface area contributed by atoms with Crippen LogP contribution in [0.3, 0.4) is 0 Å². The van der Waals surface area contributed by atoms with Crippen LogP contribution in [0.25, 0.3) is 21.5 Å². The Morgan fingerprint density at radius 1 is 0.588 bits per heavy atom. The predicted molar refractivity (Wildman–Crippen MR) is 342 cm³/mol. The maximum atomic E-state index is 12.0. The maximum absolute atomic E-state index is 12.0. The minimum Gasteiger partial charge on any atom is -0.392 e. The number of Topliss-reactive ketones (excluding diaryl/α,β-unsaturated/α-hetero) is 1. The van der Waals surface area contributed by atoms with Crippen molar-refractivity contribution < 1.29 is 33.0 Å². The number of alkyl halides is 3. The lowest BCUT2D eigenvalue weighted by molar-refractivity contribution is -0.137. The van der Waals surface area contributed by atoms with Crippen LogP contribution >= 0.6 is 0 Å². The molecule has 0 amide bonds. The molecule has 8 aromatic carbocycles. The number of hydrogen-bond donors (Lipinski definition) is 4. The molecule has 0 radical (unpaired) electrons. The van der Waals surface area contributed by atoms with Gasteiger partial charge in [-0.1, -0.05) is 193 Å². The summed E-state index contributed by atoms with van der Waals surface area (Å²) in [6, 6.07) is 60.5. The molecule has 5 N–H and O–H groups in total. The highest BCUT2D eigenvalue weighted by Crippen LogP contribution is 2.34. The second-order valence-corrected chi connectivity index (χ2v) is 23.5. The van der Waals surface area contributed by atoms with Crippen LogP contribution in [0.4, 0.5) is 13.2 Å². The van der Waals surface area contributed by atoms with Crippen molar-refractivity contribution in [2.24, 2.45) is 11.7 Å². The van der Waals surface area contributed by atoms with Crippen molar-refractivity contribution in [1.82, 2.24) is 20.0 Å². The van der Waals surface area contributed by atoms with Crippen molar-refractivity contribution in [2.45, 2.75) is 117 Å². The van der Waals surface area contributed by atoms with E-state index < -0.39 is 11.7 Å². The summed E-state index contributed by atoms with van der Waals surface area (Å²) in [6.45, 7) is 21.5. The molecule has 0 saturated carbocycles. The van der Waals surface area contributed by atoms with Crippen LogP contribution in [-0.2, 0) is 30.6 Å². The number of fused-ring (bicyclic) bond motifs is 2. The van der Waals surface area contributed by atoms with E-state index in [0.29, 0.717) is 24.5 Å². The van der Waals surface area contributed by atoms with Crippen molar-refractivity contribution in [2.75, 3.05) is 52.4 Å². The van der Waals surface area contributed by atoms with E-state index in [1.54, 1.807) is 0 Å². The average Bonchev–Trinajstić information content (AvgIpc) is 4.56. The SMILES string of the molecule is C[C@@H](N)c1cccc2ccccc12.Cc1cccc(CN2CCC(=O)C2)c1.Cc1cccc(CN2CCC(C[C@H](C)c3cccc4ccccc34)C2)c1.Cc1cccc(CN2CCC(O)C2)c1.O=Cc1cccc(C(F)(F)F)c1.OC1CCNC1. The van der Waals surface area contributed by atoms with Gasteiger partial charge in [0.1, 0.15) is 12.1 Å². The Balaban J connectivity index is 0.000000153. The van der Waals surface area contributed by atoms with E-state index in [2.05, 4.69) is 193 Å². The fourth-order valence-electron chi connectivity index (χ4n) is 11.6. The Morgan fingerprint density at radius 3 is 1.56 bits per heavy atom.